The molecule has 1 aromatic heterocycles. The SMILES string of the molecule is O=C(NC1CCN(Cc2ccc(C(F)(F)F)cc2)CC1)c1ccncc1. The minimum Gasteiger partial charge on any atom is -0.349 e. The number of pyridine rings is 1. The fourth-order valence-electron chi connectivity index (χ4n) is 3.06. The zero-order chi connectivity index (χ0) is 18.6. The number of hydrogen-bond donors (Lipinski definition) is 1. The Morgan fingerprint density at radius 3 is 2.27 bits per heavy atom. The van der Waals surface area contributed by atoms with Crippen molar-refractivity contribution in [3.63, 3.8) is 0 Å². The van der Waals surface area contributed by atoms with Crippen LogP contribution in [0.4, 0.5) is 13.2 Å². The average molecular weight is 363 g/mol. The highest BCUT2D eigenvalue weighted by Crippen LogP contribution is 2.29. The van der Waals surface area contributed by atoms with Crippen molar-refractivity contribution >= 4 is 5.91 Å². The predicted molar refractivity (Wildman–Crippen MR) is 91.4 cm³/mol. The minimum absolute atomic E-state index is 0.103. The van der Waals surface area contributed by atoms with Gasteiger partial charge in [0.25, 0.3) is 5.91 Å². The zero-order valence-electron chi connectivity index (χ0n) is 14.2. The van der Waals surface area contributed by atoms with Crippen LogP contribution in [-0.4, -0.2) is 34.9 Å². The van der Waals surface area contributed by atoms with Gasteiger partial charge in [-0.15, -0.1) is 0 Å². The monoisotopic (exact) mass is 363 g/mol. The number of piperidine rings is 1. The summed E-state index contributed by atoms with van der Waals surface area (Å²) in [5, 5.41) is 3.03. The molecular formula is C19H20F3N3O. The first-order valence-corrected chi connectivity index (χ1v) is 8.51. The number of aromatic nitrogens is 1. The van der Waals surface area contributed by atoms with Crippen LogP contribution in [0.5, 0.6) is 0 Å². The van der Waals surface area contributed by atoms with E-state index < -0.39 is 11.7 Å². The van der Waals surface area contributed by atoms with Crippen molar-refractivity contribution in [1.82, 2.24) is 15.2 Å². The molecule has 0 atom stereocenters. The quantitative estimate of drug-likeness (QED) is 0.904. The van der Waals surface area contributed by atoms with Crippen LogP contribution in [0.25, 0.3) is 0 Å². The molecule has 4 nitrogen and oxygen atoms in total. The van der Waals surface area contributed by atoms with Gasteiger partial charge in [0.1, 0.15) is 0 Å². The van der Waals surface area contributed by atoms with Crippen molar-refractivity contribution < 1.29 is 18.0 Å². The molecule has 26 heavy (non-hydrogen) atoms. The predicted octanol–water partition coefficient (Wildman–Crippen LogP) is 3.49. The molecule has 1 N–H and O–H groups in total. The van der Waals surface area contributed by atoms with E-state index in [4.69, 9.17) is 0 Å². The lowest BCUT2D eigenvalue weighted by atomic mass is 10.0. The Balaban J connectivity index is 1.47. The van der Waals surface area contributed by atoms with Crippen molar-refractivity contribution in [1.29, 1.82) is 0 Å². The number of alkyl halides is 3. The number of nitrogens with zero attached hydrogens (tertiary/aromatic N) is 2. The molecule has 1 aliphatic heterocycles. The topological polar surface area (TPSA) is 45.2 Å². The van der Waals surface area contributed by atoms with Gasteiger partial charge in [-0.2, -0.15) is 13.2 Å². The molecule has 0 unspecified atom stereocenters. The van der Waals surface area contributed by atoms with E-state index in [-0.39, 0.29) is 11.9 Å². The van der Waals surface area contributed by atoms with E-state index in [9.17, 15) is 18.0 Å². The second kappa shape index (κ2) is 7.86. The number of carbonyl (C=O) groups is 1. The van der Waals surface area contributed by atoms with Crippen molar-refractivity contribution in [2.24, 2.45) is 0 Å². The molecule has 1 saturated heterocycles. The van der Waals surface area contributed by atoms with E-state index in [1.807, 2.05) is 0 Å². The molecule has 0 spiro atoms. The van der Waals surface area contributed by atoms with Gasteiger partial charge < -0.3 is 5.32 Å². The molecule has 0 bridgehead atoms. The second-order valence-corrected chi connectivity index (χ2v) is 6.45. The molecule has 0 radical (unpaired) electrons. The molecule has 3 rings (SSSR count). The summed E-state index contributed by atoms with van der Waals surface area (Å²) < 4.78 is 37.8. The maximum absolute atomic E-state index is 12.6. The molecule has 1 aliphatic rings. The Labute approximate surface area is 150 Å². The summed E-state index contributed by atoms with van der Waals surface area (Å²) in [4.78, 5) is 18.2. The number of carbonyl (C=O) groups excluding carboxylic acids is 1. The summed E-state index contributed by atoms with van der Waals surface area (Å²) in [5.41, 5.74) is 0.822. The molecule has 0 saturated carbocycles. The maximum atomic E-state index is 12.6. The van der Waals surface area contributed by atoms with E-state index in [1.54, 1.807) is 24.5 Å². The van der Waals surface area contributed by atoms with Crippen molar-refractivity contribution in [2.75, 3.05) is 13.1 Å². The van der Waals surface area contributed by atoms with Gasteiger partial charge in [-0.3, -0.25) is 14.7 Å². The summed E-state index contributed by atoms with van der Waals surface area (Å²) in [6, 6.07) is 8.76. The van der Waals surface area contributed by atoms with E-state index in [1.165, 1.54) is 12.1 Å². The number of nitrogens with one attached hydrogen (secondary N) is 1. The lowest BCUT2D eigenvalue weighted by molar-refractivity contribution is -0.137. The first-order valence-electron chi connectivity index (χ1n) is 8.51. The summed E-state index contributed by atoms with van der Waals surface area (Å²) >= 11 is 0. The van der Waals surface area contributed by atoms with Gasteiger partial charge in [0, 0.05) is 43.6 Å². The lowest BCUT2D eigenvalue weighted by Crippen LogP contribution is -2.44. The third kappa shape index (κ3) is 4.82. The van der Waals surface area contributed by atoms with Crippen LogP contribution in [0.1, 0.15) is 34.3 Å². The summed E-state index contributed by atoms with van der Waals surface area (Å²) in [6.07, 6.45) is 0.502. The molecule has 1 aromatic carbocycles. The number of halogens is 3. The number of rotatable bonds is 4. The molecule has 1 fully saturated rings. The highest BCUT2D eigenvalue weighted by atomic mass is 19.4. The molecular weight excluding hydrogens is 343 g/mol. The maximum Gasteiger partial charge on any atom is 0.416 e. The zero-order valence-corrected chi connectivity index (χ0v) is 14.2. The molecule has 0 aliphatic carbocycles. The summed E-state index contributed by atoms with van der Waals surface area (Å²) in [6.45, 7) is 2.20. The van der Waals surface area contributed by atoms with Crippen LogP contribution < -0.4 is 5.32 Å². The van der Waals surface area contributed by atoms with Crippen LogP contribution in [-0.2, 0) is 12.7 Å². The van der Waals surface area contributed by atoms with Gasteiger partial charge >= 0.3 is 6.18 Å². The first kappa shape index (κ1) is 18.4. The van der Waals surface area contributed by atoms with Gasteiger partial charge in [0.2, 0.25) is 0 Å². The van der Waals surface area contributed by atoms with Crippen LogP contribution in [0.3, 0.4) is 0 Å². The summed E-state index contributed by atoms with van der Waals surface area (Å²) in [5.74, 6) is -0.103. The number of likely N-dealkylation sites (tertiary alicyclic amines) is 1. The smallest absolute Gasteiger partial charge is 0.349 e. The number of amides is 1. The van der Waals surface area contributed by atoms with Crippen molar-refractivity contribution in [3.05, 3.63) is 65.5 Å². The Hall–Kier alpha value is -2.41. The molecule has 1 amide bonds. The molecule has 2 heterocycles. The van der Waals surface area contributed by atoms with E-state index in [2.05, 4.69) is 15.2 Å². The third-order valence-electron chi connectivity index (χ3n) is 4.55. The van der Waals surface area contributed by atoms with E-state index in [0.717, 1.165) is 43.6 Å². The fourth-order valence-corrected chi connectivity index (χ4v) is 3.06. The van der Waals surface area contributed by atoms with Crippen LogP contribution in [0.15, 0.2) is 48.8 Å². The minimum atomic E-state index is -4.30. The van der Waals surface area contributed by atoms with Gasteiger partial charge in [0.15, 0.2) is 0 Å². The average Bonchev–Trinajstić information content (AvgIpc) is 2.64. The highest BCUT2D eigenvalue weighted by molar-refractivity contribution is 5.94. The lowest BCUT2D eigenvalue weighted by Gasteiger charge is -2.32. The Morgan fingerprint density at radius 2 is 1.69 bits per heavy atom. The second-order valence-electron chi connectivity index (χ2n) is 6.45. The Kier molecular flexibility index (Phi) is 5.56. The Morgan fingerprint density at radius 1 is 1.08 bits per heavy atom. The highest BCUT2D eigenvalue weighted by Gasteiger charge is 2.30. The first-order chi connectivity index (χ1) is 12.4. The molecule has 7 heteroatoms. The van der Waals surface area contributed by atoms with Gasteiger partial charge in [-0.1, -0.05) is 12.1 Å². The van der Waals surface area contributed by atoms with Crippen molar-refractivity contribution in [2.45, 2.75) is 31.6 Å². The standard InChI is InChI=1S/C19H20F3N3O/c20-19(21,22)16-3-1-14(2-4-16)13-25-11-7-17(8-12-25)24-18(26)15-5-9-23-10-6-15/h1-6,9-10,17H,7-8,11-13H2,(H,24,26). The summed E-state index contributed by atoms with van der Waals surface area (Å²) in [7, 11) is 0. The van der Waals surface area contributed by atoms with Crippen LogP contribution in [0, 0.1) is 0 Å². The van der Waals surface area contributed by atoms with Crippen LogP contribution >= 0.6 is 0 Å². The van der Waals surface area contributed by atoms with Gasteiger partial charge in [-0.25, -0.2) is 0 Å². The number of benzene rings is 1. The third-order valence-corrected chi connectivity index (χ3v) is 4.55. The normalized spacial score (nSPS) is 16.4. The molecule has 2 aromatic rings. The van der Waals surface area contributed by atoms with Gasteiger partial charge in [0.05, 0.1) is 5.56 Å². The Bertz CT molecular complexity index is 724. The van der Waals surface area contributed by atoms with Crippen LogP contribution in [0.2, 0.25) is 0 Å². The fraction of sp³-hybridized carbons (Fsp3) is 0.368. The van der Waals surface area contributed by atoms with E-state index in [0.29, 0.717) is 12.1 Å². The molecule has 138 valence electrons. The van der Waals surface area contributed by atoms with Crippen molar-refractivity contribution in [3.8, 4) is 0 Å². The largest absolute Gasteiger partial charge is 0.416 e. The number of hydrogen-bond acceptors (Lipinski definition) is 3. The van der Waals surface area contributed by atoms with E-state index >= 15 is 0 Å². The van der Waals surface area contributed by atoms with Gasteiger partial charge in [-0.05, 0) is 42.7 Å².